The standard InChI is InChI=1S/C27H36N2O5S/c1-32-24-11-10-20(16-25(24)33-2)12-13-28(18-23-9-5-15-35-23)26(30)19-29(17-22-8-4-14-34-22)27(31)21-6-3-7-21/h5,9-11,15-16,21-22H,3-4,6-8,12-14,17-19H2,1-2H3. The molecule has 1 atom stereocenters. The molecule has 2 aromatic rings. The van der Waals surface area contributed by atoms with E-state index in [0.29, 0.717) is 37.6 Å². The number of benzene rings is 1. The minimum Gasteiger partial charge on any atom is -0.493 e. The number of methoxy groups -OCH3 is 2. The van der Waals surface area contributed by atoms with E-state index < -0.39 is 0 Å². The van der Waals surface area contributed by atoms with Crippen LogP contribution in [-0.4, -0.2) is 68.2 Å². The number of rotatable bonds is 12. The van der Waals surface area contributed by atoms with Gasteiger partial charge in [-0.3, -0.25) is 9.59 Å². The van der Waals surface area contributed by atoms with Crippen LogP contribution in [0.1, 0.15) is 42.5 Å². The molecule has 7 nitrogen and oxygen atoms in total. The summed E-state index contributed by atoms with van der Waals surface area (Å²) in [7, 11) is 3.24. The predicted molar refractivity (Wildman–Crippen MR) is 136 cm³/mol. The average molecular weight is 501 g/mol. The van der Waals surface area contributed by atoms with Gasteiger partial charge < -0.3 is 24.0 Å². The highest BCUT2D eigenvalue weighted by atomic mass is 32.1. The van der Waals surface area contributed by atoms with Crippen LogP contribution in [-0.2, 0) is 27.3 Å². The molecule has 2 fully saturated rings. The van der Waals surface area contributed by atoms with Gasteiger partial charge in [-0.1, -0.05) is 18.6 Å². The molecular weight excluding hydrogens is 464 g/mol. The van der Waals surface area contributed by atoms with Crippen molar-refractivity contribution in [1.29, 1.82) is 0 Å². The Morgan fingerprint density at radius 1 is 1.06 bits per heavy atom. The maximum atomic E-state index is 13.6. The van der Waals surface area contributed by atoms with Gasteiger partial charge in [-0.15, -0.1) is 11.3 Å². The third kappa shape index (κ3) is 6.76. The van der Waals surface area contributed by atoms with Gasteiger partial charge >= 0.3 is 0 Å². The smallest absolute Gasteiger partial charge is 0.242 e. The average Bonchev–Trinajstić information content (AvgIpc) is 3.54. The van der Waals surface area contributed by atoms with Gasteiger partial charge in [-0.2, -0.15) is 0 Å². The molecule has 190 valence electrons. The Kier molecular flexibility index (Phi) is 9.04. The SMILES string of the molecule is COc1ccc(CCN(Cc2cccs2)C(=O)CN(CC2CCCO2)C(=O)C2CCC2)cc1OC. The van der Waals surface area contributed by atoms with E-state index in [2.05, 4.69) is 0 Å². The first-order valence-corrected chi connectivity index (χ1v) is 13.4. The summed E-state index contributed by atoms with van der Waals surface area (Å²) in [5, 5.41) is 2.02. The Morgan fingerprint density at radius 2 is 1.89 bits per heavy atom. The van der Waals surface area contributed by atoms with Gasteiger partial charge in [0.25, 0.3) is 0 Å². The third-order valence-electron chi connectivity index (χ3n) is 6.94. The van der Waals surface area contributed by atoms with Crippen molar-refractivity contribution < 1.29 is 23.8 Å². The molecule has 1 aliphatic heterocycles. The summed E-state index contributed by atoms with van der Waals surface area (Å²) in [6.07, 6.45) is 5.61. The lowest BCUT2D eigenvalue weighted by molar-refractivity contribution is -0.146. The highest BCUT2D eigenvalue weighted by Crippen LogP contribution is 2.30. The van der Waals surface area contributed by atoms with Gasteiger partial charge in [0, 0.05) is 30.5 Å². The summed E-state index contributed by atoms with van der Waals surface area (Å²) in [5.74, 6) is 1.50. The summed E-state index contributed by atoms with van der Waals surface area (Å²) < 4.78 is 16.6. The summed E-state index contributed by atoms with van der Waals surface area (Å²) in [6, 6.07) is 9.89. The summed E-state index contributed by atoms with van der Waals surface area (Å²) in [5.41, 5.74) is 1.06. The minimum atomic E-state index is -0.0236. The lowest BCUT2D eigenvalue weighted by Crippen LogP contribution is -2.48. The van der Waals surface area contributed by atoms with Crippen LogP contribution in [0.25, 0.3) is 0 Å². The molecular formula is C27H36N2O5S. The fraction of sp³-hybridized carbons (Fsp3) is 0.556. The van der Waals surface area contributed by atoms with Gasteiger partial charge in [0.15, 0.2) is 11.5 Å². The molecule has 1 aliphatic carbocycles. The normalized spacial score (nSPS) is 17.6. The summed E-state index contributed by atoms with van der Waals surface area (Å²) in [4.78, 5) is 31.5. The zero-order valence-electron chi connectivity index (χ0n) is 20.7. The lowest BCUT2D eigenvalue weighted by atomic mass is 9.84. The second-order valence-corrected chi connectivity index (χ2v) is 10.3. The van der Waals surface area contributed by atoms with Crippen molar-refractivity contribution >= 4 is 23.2 Å². The molecule has 0 spiro atoms. The number of carbonyl (C=O) groups excluding carboxylic acids is 2. The van der Waals surface area contributed by atoms with Gasteiger partial charge in [-0.25, -0.2) is 0 Å². The number of ether oxygens (including phenoxy) is 3. The van der Waals surface area contributed by atoms with E-state index in [0.717, 1.165) is 49.2 Å². The van der Waals surface area contributed by atoms with E-state index >= 15 is 0 Å². The quantitative estimate of drug-likeness (QED) is 0.438. The first-order chi connectivity index (χ1) is 17.1. The van der Waals surface area contributed by atoms with Gasteiger partial charge in [0.1, 0.15) is 0 Å². The second-order valence-electron chi connectivity index (χ2n) is 9.32. The Hall–Kier alpha value is -2.58. The number of thiophene rings is 1. The highest BCUT2D eigenvalue weighted by molar-refractivity contribution is 7.09. The maximum absolute atomic E-state index is 13.6. The molecule has 0 bridgehead atoms. The van der Waals surface area contributed by atoms with Crippen molar-refractivity contribution in [2.75, 3.05) is 40.5 Å². The fourth-order valence-corrected chi connectivity index (χ4v) is 5.35. The van der Waals surface area contributed by atoms with Crippen molar-refractivity contribution in [3.8, 4) is 11.5 Å². The van der Waals surface area contributed by atoms with E-state index in [1.54, 1.807) is 30.5 Å². The van der Waals surface area contributed by atoms with Gasteiger partial charge in [0.2, 0.25) is 11.8 Å². The molecule has 2 heterocycles. The summed E-state index contributed by atoms with van der Waals surface area (Å²) >= 11 is 1.64. The van der Waals surface area contributed by atoms with E-state index in [-0.39, 0.29) is 30.4 Å². The molecule has 0 N–H and O–H groups in total. The molecule has 35 heavy (non-hydrogen) atoms. The summed E-state index contributed by atoms with van der Waals surface area (Å²) in [6.45, 7) is 2.43. The molecule has 4 rings (SSSR count). The van der Waals surface area contributed by atoms with E-state index in [9.17, 15) is 9.59 Å². The Labute approximate surface area is 212 Å². The molecule has 1 aromatic heterocycles. The van der Waals surface area contributed by atoms with Crippen LogP contribution < -0.4 is 9.47 Å². The molecule has 1 saturated carbocycles. The Bertz CT molecular complexity index is 970. The predicted octanol–water partition coefficient (Wildman–Crippen LogP) is 4.14. The van der Waals surface area contributed by atoms with Crippen molar-refractivity contribution in [2.24, 2.45) is 5.92 Å². The van der Waals surface area contributed by atoms with Gasteiger partial charge in [-0.05, 0) is 61.2 Å². The van der Waals surface area contributed by atoms with Gasteiger partial charge in [0.05, 0.1) is 33.4 Å². The van der Waals surface area contributed by atoms with Crippen LogP contribution in [0.4, 0.5) is 0 Å². The Morgan fingerprint density at radius 3 is 2.51 bits per heavy atom. The maximum Gasteiger partial charge on any atom is 0.242 e. The molecule has 1 aromatic carbocycles. The molecule has 1 saturated heterocycles. The second kappa shape index (κ2) is 12.4. The van der Waals surface area contributed by atoms with Crippen molar-refractivity contribution in [3.63, 3.8) is 0 Å². The first kappa shape index (κ1) is 25.5. The molecule has 8 heteroatoms. The number of nitrogens with zero attached hydrogens (tertiary/aromatic N) is 2. The number of amides is 2. The largest absolute Gasteiger partial charge is 0.493 e. The third-order valence-corrected chi connectivity index (χ3v) is 7.80. The molecule has 2 aliphatic rings. The van der Waals surface area contributed by atoms with E-state index in [1.165, 1.54) is 0 Å². The molecule has 1 unspecified atom stereocenters. The van der Waals surface area contributed by atoms with E-state index in [1.807, 2.05) is 40.6 Å². The van der Waals surface area contributed by atoms with Crippen LogP contribution >= 0.6 is 11.3 Å². The number of hydrogen-bond donors (Lipinski definition) is 0. The Balaban J connectivity index is 1.46. The monoisotopic (exact) mass is 500 g/mol. The van der Waals surface area contributed by atoms with Crippen LogP contribution in [0, 0.1) is 5.92 Å². The van der Waals surface area contributed by atoms with Crippen molar-refractivity contribution in [1.82, 2.24) is 9.80 Å². The molecule has 0 radical (unpaired) electrons. The van der Waals surface area contributed by atoms with Crippen LogP contribution in [0.5, 0.6) is 11.5 Å². The first-order valence-electron chi connectivity index (χ1n) is 12.5. The zero-order chi connectivity index (χ0) is 24.6. The lowest BCUT2D eigenvalue weighted by Gasteiger charge is -2.34. The van der Waals surface area contributed by atoms with E-state index in [4.69, 9.17) is 14.2 Å². The fourth-order valence-electron chi connectivity index (χ4n) is 4.63. The van der Waals surface area contributed by atoms with Crippen LogP contribution in [0.3, 0.4) is 0 Å². The topological polar surface area (TPSA) is 68.3 Å². The number of carbonyl (C=O) groups is 2. The van der Waals surface area contributed by atoms with Crippen molar-refractivity contribution in [3.05, 3.63) is 46.2 Å². The minimum absolute atomic E-state index is 0.0236. The van der Waals surface area contributed by atoms with Crippen molar-refractivity contribution in [2.45, 2.75) is 51.2 Å². The number of hydrogen-bond acceptors (Lipinski definition) is 6. The van der Waals surface area contributed by atoms with Crippen LogP contribution in [0.2, 0.25) is 0 Å². The molecule has 2 amide bonds. The highest BCUT2D eigenvalue weighted by Gasteiger charge is 2.33. The zero-order valence-corrected chi connectivity index (χ0v) is 21.6. The van der Waals surface area contributed by atoms with Crippen LogP contribution in [0.15, 0.2) is 35.7 Å².